The number of aromatic nitrogens is 1. The van der Waals surface area contributed by atoms with E-state index in [1.807, 2.05) is 25.1 Å². The maximum atomic E-state index is 12.7. The Labute approximate surface area is 145 Å². The summed E-state index contributed by atoms with van der Waals surface area (Å²) in [7, 11) is 0. The number of carbonyl (C=O) groups excluding carboxylic acids is 2. The van der Waals surface area contributed by atoms with E-state index in [1.165, 1.54) is 0 Å². The van der Waals surface area contributed by atoms with Gasteiger partial charge in [0, 0.05) is 23.2 Å². The van der Waals surface area contributed by atoms with Gasteiger partial charge in [-0.05, 0) is 38.3 Å². The molecule has 1 saturated heterocycles. The van der Waals surface area contributed by atoms with Crippen molar-refractivity contribution < 1.29 is 9.59 Å². The van der Waals surface area contributed by atoms with E-state index in [-0.39, 0.29) is 17.9 Å². The fourth-order valence-electron chi connectivity index (χ4n) is 2.97. The van der Waals surface area contributed by atoms with Crippen LogP contribution in [0.15, 0.2) is 36.5 Å². The molecule has 1 atom stereocenters. The Morgan fingerprint density at radius 2 is 2.08 bits per heavy atom. The Balaban J connectivity index is 1.67. The van der Waals surface area contributed by atoms with Crippen LogP contribution >= 0.6 is 11.3 Å². The number of likely N-dealkylation sites (tertiary alicyclic amines) is 1. The largest absolute Gasteiger partial charge is 0.349 e. The smallest absolute Gasteiger partial charge is 0.254 e. The summed E-state index contributed by atoms with van der Waals surface area (Å²) < 4.78 is 0. The van der Waals surface area contributed by atoms with Crippen molar-refractivity contribution in [2.24, 2.45) is 0 Å². The van der Waals surface area contributed by atoms with Crippen LogP contribution in [0.25, 0.3) is 0 Å². The molecule has 0 radical (unpaired) electrons. The number of piperidine rings is 1. The van der Waals surface area contributed by atoms with Gasteiger partial charge in [0.2, 0.25) is 5.91 Å². The number of nitrogens with zero attached hydrogens (tertiary/aromatic N) is 2. The second-order valence-corrected chi connectivity index (χ2v) is 7.26. The van der Waals surface area contributed by atoms with Crippen molar-refractivity contribution in [3.63, 3.8) is 0 Å². The van der Waals surface area contributed by atoms with E-state index in [0.717, 1.165) is 22.7 Å². The van der Waals surface area contributed by atoms with E-state index in [0.29, 0.717) is 25.1 Å². The molecular formula is C18H21N3O2S. The molecule has 2 aromatic rings. The molecule has 1 aliphatic heterocycles. The van der Waals surface area contributed by atoms with Crippen molar-refractivity contribution in [1.82, 2.24) is 15.2 Å². The van der Waals surface area contributed by atoms with Crippen LogP contribution in [0.3, 0.4) is 0 Å². The van der Waals surface area contributed by atoms with Gasteiger partial charge < -0.3 is 10.2 Å². The van der Waals surface area contributed by atoms with Gasteiger partial charge in [0.15, 0.2) is 0 Å². The molecule has 0 spiro atoms. The van der Waals surface area contributed by atoms with E-state index < -0.39 is 0 Å². The Bertz CT molecular complexity index is 714. The predicted molar refractivity (Wildman–Crippen MR) is 93.8 cm³/mol. The van der Waals surface area contributed by atoms with E-state index in [4.69, 9.17) is 0 Å². The highest BCUT2D eigenvalue weighted by atomic mass is 32.1. The van der Waals surface area contributed by atoms with Gasteiger partial charge in [0.25, 0.3) is 5.91 Å². The van der Waals surface area contributed by atoms with Crippen molar-refractivity contribution in [2.45, 2.75) is 38.8 Å². The normalized spacial score (nSPS) is 17.5. The minimum atomic E-state index is -0.388. The van der Waals surface area contributed by atoms with Crippen LogP contribution in [-0.4, -0.2) is 34.3 Å². The molecule has 6 heteroatoms. The summed E-state index contributed by atoms with van der Waals surface area (Å²) in [5.41, 5.74) is 0.635. The Morgan fingerprint density at radius 3 is 2.79 bits per heavy atom. The van der Waals surface area contributed by atoms with Gasteiger partial charge in [0.1, 0.15) is 6.04 Å². The molecule has 2 amide bonds. The van der Waals surface area contributed by atoms with Crippen molar-refractivity contribution in [1.29, 1.82) is 0 Å². The molecule has 1 aromatic carbocycles. The maximum Gasteiger partial charge on any atom is 0.254 e. The maximum absolute atomic E-state index is 12.7. The highest BCUT2D eigenvalue weighted by Gasteiger charge is 2.32. The number of hydrogen-bond donors (Lipinski definition) is 1. The molecule has 0 aliphatic carbocycles. The van der Waals surface area contributed by atoms with Gasteiger partial charge in [-0.2, -0.15) is 0 Å². The molecule has 1 aromatic heterocycles. The summed E-state index contributed by atoms with van der Waals surface area (Å²) in [4.78, 5) is 32.3. The molecular weight excluding hydrogens is 322 g/mol. The van der Waals surface area contributed by atoms with Crippen molar-refractivity contribution >= 4 is 23.2 Å². The first-order valence-electron chi connectivity index (χ1n) is 8.20. The summed E-state index contributed by atoms with van der Waals surface area (Å²) >= 11 is 1.57. The van der Waals surface area contributed by atoms with Gasteiger partial charge in [0.05, 0.1) is 11.6 Å². The Morgan fingerprint density at radius 1 is 1.29 bits per heavy atom. The third-order valence-electron chi connectivity index (χ3n) is 4.19. The second kappa shape index (κ2) is 7.57. The van der Waals surface area contributed by atoms with Crippen LogP contribution in [-0.2, 0) is 11.3 Å². The van der Waals surface area contributed by atoms with Crippen molar-refractivity contribution in [3.8, 4) is 0 Å². The number of hydrogen-bond acceptors (Lipinski definition) is 4. The number of benzene rings is 1. The fourth-order valence-corrected chi connectivity index (χ4v) is 3.71. The number of aryl methyl sites for hydroxylation is 1. The minimum Gasteiger partial charge on any atom is -0.349 e. The van der Waals surface area contributed by atoms with Gasteiger partial charge in [-0.15, -0.1) is 11.3 Å². The summed E-state index contributed by atoms with van der Waals surface area (Å²) in [5.74, 6) is -0.144. The molecule has 126 valence electrons. The van der Waals surface area contributed by atoms with Gasteiger partial charge >= 0.3 is 0 Å². The Kier molecular flexibility index (Phi) is 5.25. The lowest BCUT2D eigenvalue weighted by Gasteiger charge is -2.34. The third kappa shape index (κ3) is 3.82. The second-order valence-electron chi connectivity index (χ2n) is 5.94. The van der Waals surface area contributed by atoms with E-state index >= 15 is 0 Å². The molecule has 5 nitrogen and oxygen atoms in total. The number of rotatable bonds is 4. The van der Waals surface area contributed by atoms with Crippen LogP contribution in [0.1, 0.15) is 39.5 Å². The topological polar surface area (TPSA) is 62.3 Å². The number of thiazole rings is 1. The van der Waals surface area contributed by atoms with E-state index in [2.05, 4.69) is 10.3 Å². The first-order valence-corrected chi connectivity index (χ1v) is 9.02. The van der Waals surface area contributed by atoms with Crippen molar-refractivity contribution in [3.05, 3.63) is 52.0 Å². The molecule has 0 saturated carbocycles. The zero-order valence-electron chi connectivity index (χ0n) is 13.7. The fraction of sp³-hybridized carbons (Fsp3) is 0.389. The lowest BCUT2D eigenvalue weighted by Crippen LogP contribution is -2.51. The molecule has 3 rings (SSSR count). The van der Waals surface area contributed by atoms with Crippen LogP contribution in [0, 0.1) is 6.92 Å². The first kappa shape index (κ1) is 16.6. The van der Waals surface area contributed by atoms with E-state index in [1.54, 1.807) is 34.6 Å². The average molecular weight is 343 g/mol. The zero-order valence-corrected chi connectivity index (χ0v) is 14.5. The molecule has 0 unspecified atom stereocenters. The Hall–Kier alpha value is -2.21. The highest BCUT2D eigenvalue weighted by molar-refractivity contribution is 7.11. The minimum absolute atomic E-state index is 0.0657. The van der Waals surface area contributed by atoms with Crippen LogP contribution in [0.5, 0.6) is 0 Å². The lowest BCUT2D eigenvalue weighted by molar-refractivity contribution is -0.126. The van der Waals surface area contributed by atoms with Gasteiger partial charge in [-0.25, -0.2) is 4.98 Å². The molecule has 0 bridgehead atoms. The molecule has 1 N–H and O–H groups in total. The summed E-state index contributed by atoms with van der Waals surface area (Å²) in [6.07, 6.45) is 4.41. The standard InChI is InChI=1S/C18H21N3O2S/c1-13-19-11-15(24-13)12-20-17(22)16-9-5-6-10-21(16)18(23)14-7-3-2-4-8-14/h2-4,7-8,11,16H,5-6,9-10,12H2,1H3,(H,20,22)/t16-/m0/s1. The highest BCUT2D eigenvalue weighted by Crippen LogP contribution is 2.20. The summed E-state index contributed by atoms with van der Waals surface area (Å²) in [6.45, 7) is 3.04. The molecule has 1 fully saturated rings. The summed E-state index contributed by atoms with van der Waals surface area (Å²) in [6, 6.07) is 8.78. The third-order valence-corrected chi connectivity index (χ3v) is 5.11. The molecule has 1 aliphatic rings. The van der Waals surface area contributed by atoms with Gasteiger partial charge in [-0.3, -0.25) is 9.59 Å². The first-order chi connectivity index (χ1) is 11.6. The molecule has 24 heavy (non-hydrogen) atoms. The monoisotopic (exact) mass is 343 g/mol. The number of carbonyl (C=O) groups is 2. The van der Waals surface area contributed by atoms with Crippen LogP contribution < -0.4 is 5.32 Å². The molecule has 2 heterocycles. The van der Waals surface area contributed by atoms with E-state index in [9.17, 15) is 9.59 Å². The lowest BCUT2D eigenvalue weighted by atomic mass is 10.00. The van der Waals surface area contributed by atoms with Gasteiger partial charge in [-0.1, -0.05) is 18.2 Å². The SMILES string of the molecule is Cc1ncc(CNC(=O)[C@@H]2CCCCN2C(=O)c2ccccc2)s1. The van der Waals surface area contributed by atoms with Crippen LogP contribution in [0.2, 0.25) is 0 Å². The summed E-state index contributed by atoms with van der Waals surface area (Å²) in [5, 5.41) is 3.94. The van der Waals surface area contributed by atoms with Crippen molar-refractivity contribution in [2.75, 3.05) is 6.54 Å². The van der Waals surface area contributed by atoms with Crippen LogP contribution in [0.4, 0.5) is 0 Å². The number of nitrogens with one attached hydrogen (secondary N) is 1. The zero-order chi connectivity index (χ0) is 16.9. The quantitative estimate of drug-likeness (QED) is 0.928. The predicted octanol–water partition coefficient (Wildman–Crippen LogP) is 2.76. The number of amides is 2. The average Bonchev–Trinajstić information content (AvgIpc) is 3.05.